The molecule has 0 aliphatic heterocycles. The maximum Gasteiger partial charge on any atom is 0.250 e. The van der Waals surface area contributed by atoms with E-state index in [1.54, 1.807) is 0 Å². The van der Waals surface area contributed by atoms with Crippen LogP contribution < -0.4 is 5.32 Å². The Morgan fingerprint density at radius 1 is 1.27 bits per heavy atom. The molecule has 0 aliphatic rings. The zero-order valence-electron chi connectivity index (χ0n) is 7.24. The standard InChI is InChI=1S/C8H17F2N/c1-3-5-7(4-2)11-6-8(9)10/h7-8,11H,3-6H2,1-2H3. The van der Waals surface area contributed by atoms with Gasteiger partial charge < -0.3 is 5.32 Å². The highest BCUT2D eigenvalue weighted by molar-refractivity contribution is 4.63. The average Bonchev–Trinajstić information content (AvgIpc) is 1.97. The fourth-order valence-corrected chi connectivity index (χ4v) is 1.05. The van der Waals surface area contributed by atoms with Gasteiger partial charge in [-0.15, -0.1) is 0 Å². The van der Waals surface area contributed by atoms with Crippen molar-refractivity contribution in [3.8, 4) is 0 Å². The minimum atomic E-state index is -2.22. The van der Waals surface area contributed by atoms with Crippen LogP contribution in [0.1, 0.15) is 33.1 Å². The van der Waals surface area contributed by atoms with Crippen LogP contribution in [-0.2, 0) is 0 Å². The monoisotopic (exact) mass is 165 g/mol. The average molecular weight is 165 g/mol. The van der Waals surface area contributed by atoms with Crippen molar-refractivity contribution in [2.45, 2.75) is 45.6 Å². The molecule has 1 unspecified atom stereocenters. The third-order valence-corrected chi connectivity index (χ3v) is 1.69. The third kappa shape index (κ3) is 6.23. The van der Waals surface area contributed by atoms with Crippen molar-refractivity contribution in [3.63, 3.8) is 0 Å². The Labute approximate surface area is 67.2 Å². The molecule has 0 bridgehead atoms. The van der Waals surface area contributed by atoms with Crippen LogP contribution in [0.3, 0.4) is 0 Å². The molecule has 0 heterocycles. The van der Waals surface area contributed by atoms with Gasteiger partial charge in [-0.05, 0) is 12.8 Å². The molecule has 0 aliphatic carbocycles. The van der Waals surface area contributed by atoms with Crippen LogP contribution in [0.15, 0.2) is 0 Å². The second-order valence-corrected chi connectivity index (χ2v) is 2.69. The number of hydrogen-bond acceptors (Lipinski definition) is 1. The molecule has 0 aromatic rings. The Morgan fingerprint density at radius 3 is 2.27 bits per heavy atom. The lowest BCUT2D eigenvalue weighted by Crippen LogP contribution is -2.32. The zero-order chi connectivity index (χ0) is 8.69. The minimum absolute atomic E-state index is 0.168. The molecule has 0 fully saturated rings. The van der Waals surface area contributed by atoms with Crippen molar-refractivity contribution in [2.24, 2.45) is 0 Å². The molecule has 0 radical (unpaired) electrons. The van der Waals surface area contributed by atoms with Crippen molar-refractivity contribution in [2.75, 3.05) is 6.54 Å². The van der Waals surface area contributed by atoms with Crippen LogP contribution >= 0.6 is 0 Å². The highest BCUT2D eigenvalue weighted by atomic mass is 19.3. The number of rotatable bonds is 6. The topological polar surface area (TPSA) is 12.0 Å². The van der Waals surface area contributed by atoms with Crippen LogP contribution in [0, 0.1) is 0 Å². The van der Waals surface area contributed by atoms with Crippen LogP contribution in [0.4, 0.5) is 8.78 Å². The summed E-state index contributed by atoms with van der Waals surface area (Å²) in [5.74, 6) is 0. The van der Waals surface area contributed by atoms with Gasteiger partial charge in [-0.25, -0.2) is 8.78 Å². The molecular formula is C8H17F2N. The maximum absolute atomic E-state index is 11.7. The molecule has 11 heavy (non-hydrogen) atoms. The summed E-state index contributed by atoms with van der Waals surface area (Å²) in [4.78, 5) is 0. The second-order valence-electron chi connectivity index (χ2n) is 2.69. The van der Waals surface area contributed by atoms with Crippen LogP contribution in [0.2, 0.25) is 0 Å². The molecule has 68 valence electrons. The summed E-state index contributed by atoms with van der Waals surface area (Å²) in [6.07, 6.45) is 0.749. The molecule has 0 spiro atoms. The van der Waals surface area contributed by atoms with E-state index in [-0.39, 0.29) is 12.6 Å². The van der Waals surface area contributed by atoms with Gasteiger partial charge in [-0.2, -0.15) is 0 Å². The predicted molar refractivity (Wildman–Crippen MR) is 43.0 cm³/mol. The lowest BCUT2D eigenvalue weighted by atomic mass is 10.1. The van der Waals surface area contributed by atoms with Gasteiger partial charge in [0.15, 0.2) is 0 Å². The molecule has 0 aromatic heterocycles. The van der Waals surface area contributed by atoms with Gasteiger partial charge in [0.2, 0.25) is 0 Å². The highest BCUT2D eigenvalue weighted by Gasteiger charge is 2.07. The highest BCUT2D eigenvalue weighted by Crippen LogP contribution is 2.01. The summed E-state index contributed by atoms with van der Waals surface area (Å²) in [6, 6.07) is 0.272. The smallest absolute Gasteiger partial charge is 0.250 e. The molecule has 3 heteroatoms. The Morgan fingerprint density at radius 2 is 1.91 bits per heavy atom. The van der Waals surface area contributed by atoms with E-state index in [0.717, 1.165) is 19.3 Å². The fraction of sp³-hybridized carbons (Fsp3) is 1.00. The normalized spacial score (nSPS) is 13.9. The first-order valence-corrected chi connectivity index (χ1v) is 4.22. The molecule has 0 saturated carbocycles. The van der Waals surface area contributed by atoms with Crippen molar-refractivity contribution in [3.05, 3.63) is 0 Å². The van der Waals surface area contributed by atoms with Crippen molar-refractivity contribution >= 4 is 0 Å². The number of halogens is 2. The Kier molecular flexibility index (Phi) is 6.42. The van der Waals surface area contributed by atoms with E-state index in [1.165, 1.54) is 0 Å². The van der Waals surface area contributed by atoms with Crippen LogP contribution in [0.25, 0.3) is 0 Å². The summed E-state index contributed by atoms with van der Waals surface area (Å²) in [5.41, 5.74) is 0. The molecule has 0 saturated heterocycles. The van der Waals surface area contributed by atoms with Gasteiger partial charge in [-0.1, -0.05) is 20.3 Å². The minimum Gasteiger partial charge on any atom is -0.309 e. The Balaban J connectivity index is 3.35. The number of alkyl halides is 2. The molecule has 1 atom stereocenters. The summed E-state index contributed by atoms with van der Waals surface area (Å²) in [7, 11) is 0. The van der Waals surface area contributed by atoms with E-state index in [1.807, 2.05) is 6.92 Å². The number of nitrogens with one attached hydrogen (secondary N) is 1. The van der Waals surface area contributed by atoms with E-state index in [4.69, 9.17) is 0 Å². The van der Waals surface area contributed by atoms with Crippen molar-refractivity contribution in [1.82, 2.24) is 5.32 Å². The first-order valence-electron chi connectivity index (χ1n) is 4.22. The van der Waals surface area contributed by atoms with Gasteiger partial charge in [0.25, 0.3) is 6.43 Å². The van der Waals surface area contributed by atoms with Gasteiger partial charge in [0.05, 0.1) is 6.54 Å². The van der Waals surface area contributed by atoms with Crippen LogP contribution in [0.5, 0.6) is 0 Å². The van der Waals surface area contributed by atoms with Crippen molar-refractivity contribution in [1.29, 1.82) is 0 Å². The largest absolute Gasteiger partial charge is 0.309 e. The van der Waals surface area contributed by atoms with Gasteiger partial charge in [-0.3, -0.25) is 0 Å². The molecule has 0 amide bonds. The predicted octanol–water partition coefficient (Wildman–Crippen LogP) is 2.42. The number of hydrogen-bond donors (Lipinski definition) is 1. The third-order valence-electron chi connectivity index (χ3n) is 1.69. The Bertz CT molecular complexity index is 86.2. The second kappa shape index (κ2) is 6.53. The van der Waals surface area contributed by atoms with Crippen molar-refractivity contribution < 1.29 is 8.78 Å². The van der Waals surface area contributed by atoms with E-state index >= 15 is 0 Å². The van der Waals surface area contributed by atoms with E-state index in [0.29, 0.717) is 0 Å². The first-order chi connectivity index (χ1) is 5.20. The van der Waals surface area contributed by atoms with Gasteiger partial charge in [0.1, 0.15) is 0 Å². The van der Waals surface area contributed by atoms with E-state index < -0.39 is 6.43 Å². The zero-order valence-corrected chi connectivity index (χ0v) is 7.24. The first kappa shape index (κ1) is 10.8. The Hall–Kier alpha value is -0.180. The molecule has 1 nitrogen and oxygen atoms in total. The van der Waals surface area contributed by atoms with Crippen LogP contribution in [-0.4, -0.2) is 19.0 Å². The summed E-state index contributed by atoms with van der Waals surface area (Å²) >= 11 is 0. The molecule has 1 N–H and O–H groups in total. The fourth-order valence-electron chi connectivity index (χ4n) is 1.05. The molecule has 0 aromatic carbocycles. The summed E-state index contributed by atoms with van der Waals surface area (Å²) < 4.78 is 23.4. The summed E-state index contributed by atoms with van der Waals surface area (Å²) in [5, 5.41) is 2.82. The quantitative estimate of drug-likeness (QED) is 0.637. The maximum atomic E-state index is 11.7. The SMILES string of the molecule is CCCC(CC)NCC(F)F. The van der Waals surface area contributed by atoms with E-state index in [9.17, 15) is 8.78 Å². The summed E-state index contributed by atoms with van der Waals surface area (Å²) in [6.45, 7) is 3.91. The molecular weight excluding hydrogens is 148 g/mol. The van der Waals surface area contributed by atoms with Gasteiger partial charge in [0, 0.05) is 6.04 Å². The van der Waals surface area contributed by atoms with E-state index in [2.05, 4.69) is 12.2 Å². The lowest BCUT2D eigenvalue weighted by molar-refractivity contribution is 0.140. The van der Waals surface area contributed by atoms with Gasteiger partial charge >= 0.3 is 0 Å². The lowest BCUT2D eigenvalue weighted by Gasteiger charge is -2.14. The molecule has 0 rings (SSSR count).